The fourth-order valence-electron chi connectivity index (χ4n) is 4.49. The Labute approximate surface area is 226 Å². The van der Waals surface area contributed by atoms with E-state index in [-0.39, 0.29) is 24.1 Å². The molecule has 0 radical (unpaired) electrons. The molecular weight excluding hydrogens is 507 g/mol. The zero-order valence-electron chi connectivity index (χ0n) is 22.2. The van der Waals surface area contributed by atoms with E-state index in [0.29, 0.717) is 30.6 Å². The van der Waals surface area contributed by atoms with Gasteiger partial charge in [-0.1, -0.05) is 12.1 Å². The number of dihydropyridines is 1. The third kappa shape index (κ3) is 8.68. The molecule has 0 spiro atoms. The number of allylic oxidation sites excluding steroid dienone is 1. The molecule has 1 amide bonds. The normalized spacial score (nSPS) is 17.0. The smallest absolute Gasteiger partial charge is 0.416 e. The van der Waals surface area contributed by atoms with Crippen molar-refractivity contribution >= 4 is 23.6 Å². The Bertz CT molecular complexity index is 1250. The number of benzene rings is 2. The Morgan fingerprint density at radius 3 is 2.74 bits per heavy atom. The molecule has 2 N–H and O–H groups in total. The van der Waals surface area contributed by atoms with Crippen LogP contribution in [0, 0.1) is 0 Å². The molecule has 2 heterocycles. The van der Waals surface area contributed by atoms with E-state index in [4.69, 9.17) is 4.74 Å². The lowest BCUT2D eigenvalue weighted by molar-refractivity contribution is -0.137. The van der Waals surface area contributed by atoms with Gasteiger partial charge in [0.25, 0.3) is 0 Å². The van der Waals surface area contributed by atoms with Gasteiger partial charge in [-0.3, -0.25) is 14.8 Å². The van der Waals surface area contributed by atoms with Crippen molar-refractivity contribution in [3.8, 4) is 5.75 Å². The molecule has 2 aromatic carbocycles. The molecule has 7 nitrogen and oxygen atoms in total. The van der Waals surface area contributed by atoms with E-state index in [1.807, 2.05) is 49.3 Å². The van der Waals surface area contributed by atoms with Gasteiger partial charge in [0.1, 0.15) is 23.4 Å². The monoisotopic (exact) mass is 541 g/mol. The van der Waals surface area contributed by atoms with Crippen LogP contribution < -0.4 is 15.4 Å². The van der Waals surface area contributed by atoms with Gasteiger partial charge in [-0.05, 0) is 87.4 Å². The molecule has 0 saturated carbocycles. The Morgan fingerprint density at radius 2 is 2.00 bits per heavy atom. The number of alkyl halides is 3. The van der Waals surface area contributed by atoms with E-state index >= 15 is 0 Å². The van der Waals surface area contributed by atoms with Crippen LogP contribution in [0.15, 0.2) is 64.3 Å². The van der Waals surface area contributed by atoms with Crippen molar-refractivity contribution in [2.75, 3.05) is 39.0 Å². The zero-order chi connectivity index (χ0) is 27.8. The predicted molar refractivity (Wildman–Crippen MR) is 148 cm³/mol. The number of aliphatic imine (C=N–C) groups is 2. The number of anilines is 1. The van der Waals surface area contributed by atoms with E-state index < -0.39 is 11.7 Å². The van der Waals surface area contributed by atoms with E-state index in [1.165, 1.54) is 0 Å². The van der Waals surface area contributed by atoms with Crippen LogP contribution >= 0.6 is 0 Å². The van der Waals surface area contributed by atoms with Crippen molar-refractivity contribution in [3.63, 3.8) is 0 Å². The number of carbonyl (C=O) groups excluding carboxylic acids is 1. The molecule has 0 aromatic heterocycles. The predicted octanol–water partition coefficient (Wildman–Crippen LogP) is 4.88. The average molecular weight is 542 g/mol. The molecule has 2 aromatic rings. The Kier molecular flexibility index (Phi) is 9.40. The number of amidine groups is 1. The van der Waals surface area contributed by atoms with Gasteiger partial charge < -0.3 is 20.3 Å². The minimum atomic E-state index is -4.49. The highest BCUT2D eigenvalue weighted by Gasteiger charge is 2.31. The molecule has 0 bridgehead atoms. The summed E-state index contributed by atoms with van der Waals surface area (Å²) >= 11 is 0. The van der Waals surface area contributed by atoms with Crippen molar-refractivity contribution in [1.82, 2.24) is 10.2 Å². The van der Waals surface area contributed by atoms with E-state index in [2.05, 4.69) is 20.6 Å². The second kappa shape index (κ2) is 12.9. The lowest BCUT2D eigenvalue weighted by atomic mass is 10.0. The summed E-state index contributed by atoms with van der Waals surface area (Å²) in [7, 11) is 3.84. The maximum absolute atomic E-state index is 13.5. The molecule has 10 heteroatoms. The van der Waals surface area contributed by atoms with Crippen LogP contribution in [-0.2, 0) is 23.8 Å². The highest BCUT2D eigenvalue weighted by Crippen LogP contribution is 2.32. The first-order valence-electron chi connectivity index (χ1n) is 13.1. The first kappa shape index (κ1) is 28.4. The third-order valence-electron chi connectivity index (χ3n) is 6.40. The quantitative estimate of drug-likeness (QED) is 0.425. The number of halogens is 3. The number of ether oxygens (including phenoxy) is 1. The number of nitrogens with zero attached hydrogens (tertiary/aromatic N) is 3. The lowest BCUT2D eigenvalue weighted by Crippen LogP contribution is -2.32. The SMILES string of the molecule is CN(C)CCCc1cc(NC(=O)CCc2cccc(OC3=CC=NC(C4=NCCN4)C3)c2)cc(C(F)(F)F)c1. The standard InChI is InChI=1S/C29H34F3N5O2/c1-37(2)14-4-6-21-15-22(29(30,31)32)18-23(16-21)36-27(38)9-8-20-5-3-7-24(17-20)39-25-10-11-33-26(19-25)28-34-12-13-35-28/h3,5,7,10-11,15-18,26H,4,6,8-9,12-14,19H2,1-2H3,(H,34,35)(H,36,38). The highest BCUT2D eigenvalue weighted by atomic mass is 19.4. The highest BCUT2D eigenvalue weighted by molar-refractivity contribution is 5.92. The van der Waals surface area contributed by atoms with Crippen LogP contribution in [0.4, 0.5) is 18.9 Å². The van der Waals surface area contributed by atoms with Gasteiger partial charge in [-0.2, -0.15) is 13.2 Å². The van der Waals surface area contributed by atoms with E-state index in [1.54, 1.807) is 12.3 Å². The minimum absolute atomic E-state index is 0.0799. The van der Waals surface area contributed by atoms with E-state index in [9.17, 15) is 18.0 Å². The first-order chi connectivity index (χ1) is 18.7. The fourth-order valence-corrected chi connectivity index (χ4v) is 4.49. The molecule has 39 heavy (non-hydrogen) atoms. The van der Waals surface area contributed by atoms with Crippen LogP contribution in [0.2, 0.25) is 0 Å². The molecule has 2 aliphatic heterocycles. The summed E-state index contributed by atoms with van der Waals surface area (Å²) in [6, 6.07) is 11.1. The number of nitrogens with one attached hydrogen (secondary N) is 2. The molecular formula is C29H34F3N5O2. The van der Waals surface area contributed by atoms with Crippen LogP contribution in [0.5, 0.6) is 5.75 Å². The first-order valence-corrected chi connectivity index (χ1v) is 13.1. The van der Waals surface area contributed by atoms with Crippen LogP contribution in [0.1, 0.15) is 36.0 Å². The molecule has 0 fully saturated rings. The van der Waals surface area contributed by atoms with Crippen molar-refractivity contribution in [3.05, 3.63) is 71.0 Å². The van der Waals surface area contributed by atoms with Gasteiger partial charge in [-0.15, -0.1) is 0 Å². The van der Waals surface area contributed by atoms with Crippen molar-refractivity contribution in [2.24, 2.45) is 9.98 Å². The summed E-state index contributed by atoms with van der Waals surface area (Å²) in [4.78, 5) is 23.5. The van der Waals surface area contributed by atoms with Gasteiger partial charge in [0, 0.05) is 31.3 Å². The molecule has 0 saturated heterocycles. The summed E-state index contributed by atoms with van der Waals surface area (Å²) < 4.78 is 46.4. The number of hydrogen-bond donors (Lipinski definition) is 2. The summed E-state index contributed by atoms with van der Waals surface area (Å²) in [6.07, 6.45) is 1.42. The van der Waals surface area contributed by atoms with Crippen molar-refractivity contribution in [1.29, 1.82) is 0 Å². The molecule has 1 unspecified atom stereocenters. The summed E-state index contributed by atoms with van der Waals surface area (Å²) in [6.45, 7) is 2.34. The van der Waals surface area contributed by atoms with Crippen molar-refractivity contribution < 1.29 is 22.7 Å². The summed E-state index contributed by atoms with van der Waals surface area (Å²) in [5.41, 5.74) is 0.838. The van der Waals surface area contributed by atoms with Gasteiger partial charge in [0.15, 0.2) is 0 Å². The molecule has 4 rings (SSSR count). The fraction of sp³-hybridized carbons (Fsp3) is 0.414. The van der Waals surface area contributed by atoms with Gasteiger partial charge in [0.05, 0.1) is 12.1 Å². The Hall–Kier alpha value is -3.66. The van der Waals surface area contributed by atoms with Gasteiger partial charge >= 0.3 is 6.18 Å². The van der Waals surface area contributed by atoms with Crippen molar-refractivity contribution in [2.45, 2.75) is 44.3 Å². The van der Waals surface area contributed by atoms with E-state index in [0.717, 1.165) is 55.3 Å². The van der Waals surface area contributed by atoms with Gasteiger partial charge in [-0.25, -0.2) is 0 Å². The zero-order valence-corrected chi connectivity index (χ0v) is 22.2. The molecule has 0 aliphatic carbocycles. The Balaban J connectivity index is 1.33. The lowest BCUT2D eigenvalue weighted by Gasteiger charge is -2.19. The van der Waals surface area contributed by atoms with Crippen LogP contribution in [0.3, 0.4) is 0 Å². The molecule has 208 valence electrons. The average Bonchev–Trinajstić information content (AvgIpc) is 3.42. The summed E-state index contributed by atoms with van der Waals surface area (Å²) in [5.74, 6) is 1.95. The minimum Gasteiger partial charge on any atom is -0.462 e. The maximum atomic E-state index is 13.5. The van der Waals surface area contributed by atoms with Crippen LogP contribution in [-0.4, -0.2) is 62.6 Å². The second-order valence-electron chi connectivity index (χ2n) is 9.97. The molecule has 1 atom stereocenters. The van der Waals surface area contributed by atoms with Crippen LogP contribution in [0.25, 0.3) is 0 Å². The topological polar surface area (TPSA) is 78.3 Å². The third-order valence-corrected chi connectivity index (χ3v) is 6.40. The maximum Gasteiger partial charge on any atom is 0.416 e. The molecule has 2 aliphatic rings. The second-order valence-corrected chi connectivity index (χ2v) is 9.97. The number of rotatable bonds is 11. The number of aryl methyl sites for hydroxylation is 2. The number of carbonyl (C=O) groups is 1. The Morgan fingerprint density at radius 1 is 1.15 bits per heavy atom. The summed E-state index contributed by atoms with van der Waals surface area (Å²) in [5, 5.41) is 5.90. The largest absolute Gasteiger partial charge is 0.462 e. The number of amides is 1. The number of hydrogen-bond acceptors (Lipinski definition) is 6. The van der Waals surface area contributed by atoms with Gasteiger partial charge in [0.2, 0.25) is 5.91 Å².